The third-order valence-electron chi connectivity index (χ3n) is 5.39. The maximum absolute atomic E-state index is 11.6. The van der Waals surface area contributed by atoms with Crippen LogP contribution in [0.15, 0.2) is 18.3 Å². The van der Waals surface area contributed by atoms with Gasteiger partial charge in [0.05, 0.1) is 12.5 Å². The number of carboxylic acids is 1. The zero-order valence-electron chi connectivity index (χ0n) is 14.4. The quantitative estimate of drug-likeness (QED) is 0.765. The average Bonchev–Trinajstić information content (AvgIpc) is 3.43. The molecule has 0 amide bonds. The van der Waals surface area contributed by atoms with Gasteiger partial charge >= 0.3 is 5.97 Å². The molecule has 1 aliphatic heterocycles. The first-order chi connectivity index (χ1) is 11.7. The lowest BCUT2D eigenvalue weighted by Gasteiger charge is -2.24. The second kappa shape index (κ2) is 7.97. The molecule has 2 N–H and O–H groups in total. The highest BCUT2D eigenvalue weighted by Gasteiger charge is 2.40. The minimum Gasteiger partial charge on any atom is -0.481 e. The van der Waals surface area contributed by atoms with Gasteiger partial charge in [-0.25, -0.2) is 4.98 Å². The van der Waals surface area contributed by atoms with Crippen LogP contribution in [0.1, 0.15) is 50.5 Å². The maximum atomic E-state index is 11.6. The first kappa shape index (κ1) is 17.2. The summed E-state index contributed by atoms with van der Waals surface area (Å²) < 4.78 is 5.92. The molecular weight excluding hydrogens is 304 g/mol. The highest BCUT2D eigenvalue weighted by Crippen LogP contribution is 2.48. The van der Waals surface area contributed by atoms with Gasteiger partial charge in [-0.2, -0.15) is 0 Å². The third kappa shape index (κ3) is 4.26. The lowest BCUT2D eigenvalue weighted by atomic mass is 9.81. The largest absolute Gasteiger partial charge is 0.481 e. The van der Waals surface area contributed by atoms with E-state index in [1.807, 2.05) is 19.1 Å². The summed E-state index contributed by atoms with van der Waals surface area (Å²) in [5.74, 6) is 0.776. The van der Waals surface area contributed by atoms with Gasteiger partial charge in [-0.15, -0.1) is 0 Å². The van der Waals surface area contributed by atoms with E-state index in [4.69, 9.17) is 4.74 Å². The Balaban J connectivity index is 1.69. The van der Waals surface area contributed by atoms with E-state index in [9.17, 15) is 9.90 Å². The number of pyridine rings is 1. The summed E-state index contributed by atoms with van der Waals surface area (Å²) in [7, 11) is 0. The number of carbonyl (C=O) groups is 1. The maximum Gasteiger partial charge on any atom is 0.307 e. The molecule has 2 fully saturated rings. The zero-order valence-corrected chi connectivity index (χ0v) is 14.4. The van der Waals surface area contributed by atoms with Crippen LogP contribution < -0.4 is 10.1 Å². The van der Waals surface area contributed by atoms with Crippen molar-refractivity contribution >= 4 is 5.97 Å². The lowest BCUT2D eigenvalue weighted by Crippen LogP contribution is -2.30. The normalized spacial score (nSPS) is 21.2. The number of aromatic nitrogens is 1. The SMILES string of the molecule is CCC(C(=O)O)[C@@H](c1ccnc(OCC2CCNCC2)c1)C1CC1. The van der Waals surface area contributed by atoms with Crippen LogP contribution in [0.5, 0.6) is 5.88 Å². The minimum atomic E-state index is -0.691. The molecule has 0 radical (unpaired) electrons. The van der Waals surface area contributed by atoms with Crippen molar-refractivity contribution in [3.8, 4) is 5.88 Å². The van der Waals surface area contributed by atoms with E-state index < -0.39 is 5.97 Å². The second-order valence-electron chi connectivity index (χ2n) is 7.15. The summed E-state index contributed by atoms with van der Waals surface area (Å²) in [6.45, 7) is 4.77. The Hall–Kier alpha value is -1.62. The van der Waals surface area contributed by atoms with Gasteiger partial charge in [0, 0.05) is 18.2 Å². The van der Waals surface area contributed by atoms with Crippen LogP contribution in [0, 0.1) is 17.8 Å². The van der Waals surface area contributed by atoms with Gasteiger partial charge in [-0.05, 0) is 68.7 Å². The van der Waals surface area contributed by atoms with E-state index >= 15 is 0 Å². The highest BCUT2D eigenvalue weighted by atomic mass is 16.5. The van der Waals surface area contributed by atoms with Crippen LogP contribution in [-0.4, -0.2) is 35.8 Å². The fourth-order valence-electron chi connectivity index (χ4n) is 3.83. The molecule has 0 spiro atoms. The second-order valence-corrected chi connectivity index (χ2v) is 7.15. The number of carboxylic acid groups (broad SMARTS) is 1. The molecule has 1 aromatic rings. The molecule has 2 aliphatic rings. The first-order valence-corrected chi connectivity index (χ1v) is 9.21. The van der Waals surface area contributed by atoms with Gasteiger partial charge in [0.2, 0.25) is 5.88 Å². The van der Waals surface area contributed by atoms with Crippen molar-refractivity contribution in [1.29, 1.82) is 0 Å². The van der Waals surface area contributed by atoms with Gasteiger partial charge < -0.3 is 15.2 Å². The summed E-state index contributed by atoms with van der Waals surface area (Å²) >= 11 is 0. The molecule has 1 saturated heterocycles. The van der Waals surface area contributed by atoms with Crippen molar-refractivity contribution in [2.75, 3.05) is 19.7 Å². The summed E-state index contributed by atoms with van der Waals surface area (Å²) in [6.07, 6.45) is 6.95. The van der Waals surface area contributed by atoms with Gasteiger partial charge in [-0.1, -0.05) is 6.92 Å². The predicted octanol–water partition coefficient (Wildman–Crippen LogP) is 3.06. The minimum absolute atomic E-state index is 0.0803. The van der Waals surface area contributed by atoms with E-state index in [-0.39, 0.29) is 11.8 Å². The Bertz CT molecular complexity index is 553. The molecule has 2 heterocycles. The van der Waals surface area contributed by atoms with Gasteiger partial charge in [0.1, 0.15) is 0 Å². The summed E-state index contributed by atoms with van der Waals surface area (Å²) in [5, 5.41) is 12.9. The van der Waals surface area contributed by atoms with Crippen LogP contribution in [0.2, 0.25) is 0 Å². The standard InChI is InChI=1S/C19H28N2O3/c1-2-16(19(22)23)18(14-3-4-14)15-7-10-21-17(11-15)24-12-13-5-8-20-9-6-13/h7,10-11,13-14,16,18,20H,2-6,8-9,12H2,1H3,(H,22,23)/t16?,18-/m1/s1. The molecule has 0 aromatic carbocycles. The third-order valence-corrected chi connectivity index (χ3v) is 5.39. The number of nitrogens with one attached hydrogen (secondary N) is 1. The summed E-state index contributed by atoms with van der Waals surface area (Å²) in [6, 6.07) is 3.93. The van der Waals surface area contributed by atoms with Crippen molar-refractivity contribution < 1.29 is 14.6 Å². The van der Waals surface area contributed by atoms with E-state index in [0.29, 0.717) is 30.7 Å². The Kier molecular flexibility index (Phi) is 5.72. The molecule has 3 rings (SSSR count). The van der Waals surface area contributed by atoms with Crippen molar-refractivity contribution in [2.45, 2.75) is 44.9 Å². The molecular formula is C19H28N2O3. The molecule has 1 aromatic heterocycles. The smallest absolute Gasteiger partial charge is 0.307 e. The molecule has 24 heavy (non-hydrogen) atoms. The lowest BCUT2D eigenvalue weighted by molar-refractivity contribution is -0.142. The number of nitrogens with zero attached hydrogens (tertiary/aromatic N) is 1. The summed E-state index contributed by atoms with van der Waals surface area (Å²) in [5.41, 5.74) is 1.07. The van der Waals surface area contributed by atoms with E-state index in [0.717, 1.165) is 44.3 Å². The highest BCUT2D eigenvalue weighted by molar-refractivity contribution is 5.71. The number of hydrogen-bond donors (Lipinski definition) is 2. The summed E-state index contributed by atoms with van der Waals surface area (Å²) in [4.78, 5) is 16.0. The predicted molar refractivity (Wildman–Crippen MR) is 92.2 cm³/mol. The van der Waals surface area contributed by atoms with E-state index in [1.165, 1.54) is 0 Å². The van der Waals surface area contributed by atoms with Crippen molar-refractivity contribution in [3.05, 3.63) is 23.9 Å². The molecule has 5 nitrogen and oxygen atoms in total. The van der Waals surface area contributed by atoms with Crippen molar-refractivity contribution in [1.82, 2.24) is 10.3 Å². The van der Waals surface area contributed by atoms with Crippen LogP contribution in [0.3, 0.4) is 0 Å². The Morgan fingerprint density at radius 3 is 2.75 bits per heavy atom. The Morgan fingerprint density at radius 1 is 1.38 bits per heavy atom. The number of piperidine rings is 1. The number of hydrogen-bond acceptors (Lipinski definition) is 4. The fraction of sp³-hybridized carbons (Fsp3) is 0.684. The van der Waals surface area contributed by atoms with Gasteiger partial charge in [0.15, 0.2) is 0 Å². The molecule has 1 aliphatic carbocycles. The van der Waals surface area contributed by atoms with Gasteiger partial charge in [-0.3, -0.25) is 4.79 Å². The van der Waals surface area contributed by atoms with Crippen LogP contribution in [0.25, 0.3) is 0 Å². The monoisotopic (exact) mass is 332 g/mol. The van der Waals surface area contributed by atoms with E-state index in [1.54, 1.807) is 6.20 Å². The van der Waals surface area contributed by atoms with Crippen molar-refractivity contribution in [2.24, 2.45) is 17.8 Å². The topological polar surface area (TPSA) is 71.5 Å². The van der Waals surface area contributed by atoms with Gasteiger partial charge in [0.25, 0.3) is 0 Å². The fourth-order valence-corrected chi connectivity index (χ4v) is 3.83. The first-order valence-electron chi connectivity index (χ1n) is 9.21. The number of aliphatic carboxylic acids is 1. The molecule has 5 heteroatoms. The zero-order chi connectivity index (χ0) is 16.9. The van der Waals surface area contributed by atoms with E-state index in [2.05, 4.69) is 10.3 Å². The molecule has 0 bridgehead atoms. The average molecular weight is 332 g/mol. The van der Waals surface area contributed by atoms with Crippen LogP contribution in [0.4, 0.5) is 0 Å². The number of ether oxygens (including phenoxy) is 1. The Morgan fingerprint density at radius 2 is 2.12 bits per heavy atom. The van der Waals surface area contributed by atoms with Crippen LogP contribution >= 0.6 is 0 Å². The molecule has 2 atom stereocenters. The molecule has 1 saturated carbocycles. The number of rotatable bonds is 8. The Labute approximate surface area is 143 Å². The van der Waals surface area contributed by atoms with Crippen LogP contribution in [-0.2, 0) is 4.79 Å². The molecule has 132 valence electrons. The van der Waals surface area contributed by atoms with Crippen molar-refractivity contribution in [3.63, 3.8) is 0 Å². The molecule has 1 unspecified atom stereocenters.